The van der Waals surface area contributed by atoms with Gasteiger partial charge in [-0.25, -0.2) is 0 Å². The van der Waals surface area contributed by atoms with E-state index < -0.39 is 23.9 Å². The lowest BCUT2D eigenvalue weighted by Crippen LogP contribution is -2.60. The molecule has 1 aliphatic carbocycles. The largest absolute Gasteiger partial charge is 0.426 e. The molecule has 0 saturated heterocycles. The quantitative estimate of drug-likeness (QED) is 0.546. The molecule has 88 valence electrons. The molecular weight excluding hydrogens is 226 g/mol. The third-order valence-electron chi connectivity index (χ3n) is 2.41. The van der Waals surface area contributed by atoms with Crippen LogP contribution >= 0.6 is 0 Å². The first-order chi connectivity index (χ1) is 6.61. The minimum atomic E-state index is -5.72. The Morgan fingerprint density at radius 2 is 1.47 bits per heavy atom. The topological polar surface area (TPSA) is 20.2 Å². The maximum absolute atomic E-state index is 12.2. The molecule has 0 spiro atoms. The predicted molar refractivity (Wildman–Crippen MR) is 38.9 cm³/mol. The lowest BCUT2D eigenvalue weighted by Gasteiger charge is -2.36. The molecule has 15 heavy (non-hydrogen) atoms. The maximum atomic E-state index is 12.2. The highest BCUT2D eigenvalue weighted by Gasteiger charge is 2.73. The van der Waals surface area contributed by atoms with Crippen LogP contribution in [0.25, 0.3) is 0 Å². The first kappa shape index (κ1) is 12.4. The fourth-order valence-corrected chi connectivity index (χ4v) is 1.56. The standard InChI is InChI=1S/C8H8F6O/c9-7(10,11)6(15,8(12,13)14)5-3-1-2-4-5/h1,3,5,15H,2,4H2. The van der Waals surface area contributed by atoms with Crippen molar-refractivity contribution in [1.29, 1.82) is 0 Å². The van der Waals surface area contributed by atoms with E-state index in [1.54, 1.807) is 0 Å². The van der Waals surface area contributed by atoms with Gasteiger partial charge in [0, 0.05) is 5.92 Å². The van der Waals surface area contributed by atoms with E-state index in [0.29, 0.717) is 0 Å². The van der Waals surface area contributed by atoms with Crippen LogP contribution in [0.15, 0.2) is 12.2 Å². The Bertz CT molecular complexity index is 249. The molecule has 1 unspecified atom stereocenters. The SMILES string of the molecule is OC(C1C=CCC1)(C(F)(F)F)C(F)(F)F. The van der Waals surface area contributed by atoms with Gasteiger partial charge in [0.25, 0.3) is 5.60 Å². The Hall–Kier alpha value is -0.720. The van der Waals surface area contributed by atoms with Crippen molar-refractivity contribution in [3.05, 3.63) is 12.2 Å². The summed E-state index contributed by atoms with van der Waals surface area (Å²) in [5.41, 5.74) is -4.63. The summed E-state index contributed by atoms with van der Waals surface area (Å²) in [7, 11) is 0. The molecule has 0 radical (unpaired) electrons. The third-order valence-corrected chi connectivity index (χ3v) is 2.41. The van der Waals surface area contributed by atoms with Crippen LogP contribution in [0.2, 0.25) is 0 Å². The lowest BCUT2D eigenvalue weighted by molar-refractivity contribution is -0.380. The van der Waals surface area contributed by atoms with Crippen molar-refractivity contribution in [3.8, 4) is 0 Å². The predicted octanol–water partition coefficient (Wildman–Crippen LogP) is 2.81. The first-order valence-electron chi connectivity index (χ1n) is 4.13. The van der Waals surface area contributed by atoms with Gasteiger partial charge in [0.1, 0.15) is 0 Å². The van der Waals surface area contributed by atoms with Crippen LogP contribution in [0.5, 0.6) is 0 Å². The highest BCUT2D eigenvalue weighted by molar-refractivity contribution is 5.11. The van der Waals surface area contributed by atoms with E-state index in [2.05, 4.69) is 0 Å². The van der Waals surface area contributed by atoms with Crippen molar-refractivity contribution in [1.82, 2.24) is 0 Å². The number of hydrogen-bond acceptors (Lipinski definition) is 1. The van der Waals surface area contributed by atoms with E-state index in [4.69, 9.17) is 5.11 Å². The van der Waals surface area contributed by atoms with Crippen molar-refractivity contribution >= 4 is 0 Å². The fourth-order valence-electron chi connectivity index (χ4n) is 1.56. The van der Waals surface area contributed by atoms with Crippen LogP contribution in [0.4, 0.5) is 26.3 Å². The average molecular weight is 234 g/mol. The number of halogens is 6. The Morgan fingerprint density at radius 3 is 1.73 bits per heavy atom. The monoisotopic (exact) mass is 234 g/mol. The number of rotatable bonds is 1. The van der Waals surface area contributed by atoms with Gasteiger partial charge in [0.2, 0.25) is 0 Å². The summed E-state index contributed by atoms with van der Waals surface area (Å²) in [6, 6.07) is 0. The Labute approximate surface area is 81.4 Å². The van der Waals surface area contributed by atoms with Crippen molar-refractivity contribution in [2.75, 3.05) is 0 Å². The van der Waals surface area contributed by atoms with Gasteiger partial charge >= 0.3 is 12.4 Å². The van der Waals surface area contributed by atoms with Gasteiger partial charge in [-0.3, -0.25) is 0 Å². The lowest BCUT2D eigenvalue weighted by atomic mass is 9.85. The van der Waals surface area contributed by atoms with E-state index in [-0.39, 0.29) is 12.8 Å². The smallest absolute Gasteiger partial charge is 0.373 e. The highest BCUT2D eigenvalue weighted by atomic mass is 19.4. The van der Waals surface area contributed by atoms with Gasteiger partial charge in [0.15, 0.2) is 0 Å². The summed E-state index contributed by atoms with van der Waals surface area (Å²) in [4.78, 5) is 0. The van der Waals surface area contributed by atoms with Crippen LogP contribution in [0.1, 0.15) is 12.8 Å². The number of allylic oxidation sites excluding steroid dienone is 1. The minimum absolute atomic E-state index is 0.110. The molecule has 0 heterocycles. The summed E-state index contributed by atoms with van der Waals surface area (Å²) in [6.07, 6.45) is -9.71. The number of aliphatic hydroxyl groups is 1. The second kappa shape index (κ2) is 3.40. The van der Waals surface area contributed by atoms with Gasteiger partial charge in [-0.2, -0.15) is 26.3 Å². The van der Waals surface area contributed by atoms with E-state index in [1.165, 1.54) is 6.08 Å². The van der Waals surface area contributed by atoms with Crippen molar-refractivity contribution in [2.24, 2.45) is 5.92 Å². The molecule has 1 atom stereocenters. The first-order valence-corrected chi connectivity index (χ1v) is 4.13. The average Bonchev–Trinajstić information content (AvgIpc) is 2.49. The summed E-state index contributed by atoms with van der Waals surface area (Å²) in [5.74, 6) is -1.95. The van der Waals surface area contributed by atoms with Crippen molar-refractivity contribution < 1.29 is 31.4 Å². The summed E-state index contributed by atoms with van der Waals surface area (Å²) >= 11 is 0. The Balaban J connectivity index is 3.13. The van der Waals surface area contributed by atoms with E-state index >= 15 is 0 Å². The maximum Gasteiger partial charge on any atom is 0.426 e. The van der Waals surface area contributed by atoms with Gasteiger partial charge in [-0.1, -0.05) is 12.2 Å². The molecule has 0 aromatic rings. The van der Waals surface area contributed by atoms with Gasteiger partial charge in [-0.15, -0.1) is 0 Å². The molecule has 1 nitrogen and oxygen atoms in total. The summed E-state index contributed by atoms with van der Waals surface area (Å²) in [6.45, 7) is 0. The molecule has 1 N–H and O–H groups in total. The van der Waals surface area contributed by atoms with Gasteiger partial charge in [-0.05, 0) is 12.8 Å². The second-order valence-electron chi connectivity index (χ2n) is 3.37. The summed E-state index contributed by atoms with van der Waals surface area (Å²) in [5, 5.41) is 8.88. The molecule has 1 aliphatic rings. The fraction of sp³-hybridized carbons (Fsp3) is 0.750. The molecule has 0 fully saturated rings. The minimum Gasteiger partial charge on any atom is -0.373 e. The third kappa shape index (κ3) is 1.84. The molecule has 0 aliphatic heterocycles. The molecule has 1 rings (SSSR count). The summed E-state index contributed by atoms with van der Waals surface area (Å²) < 4.78 is 73.5. The van der Waals surface area contributed by atoms with E-state index in [1.807, 2.05) is 0 Å². The zero-order valence-corrected chi connectivity index (χ0v) is 7.36. The van der Waals surface area contributed by atoms with Crippen LogP contribution in [-0.4, -0.2) is 23.1 Å². The zero-order chi connectivity index (χ0) is 11.9. The van der Waals surface area contributed by atoms with Crippen LogP contribution in [0, 0.1) is 5.92 Å². The molecule has 0 saturated carbocycles. The van der Waals surface area contributed by atoms with Crippen molar-refractivity contribution in [3.63, 3.8) is 0 Å². The number of alkyl halides is 6. The van der Waals surface area contributed by atoms with E-state index in [9.17, 15) is 26.3 Å². The van der Waals surface area contributed by atoms with Gasteiger partial charge < -0.3 is 5.11 Å². The normalized spacial score (nSPS) is 23.5. The van der Waals surface area contributed by atoms with Crippen molar-refractivity contribution in [2.45, 2.75) is 30.8 Å². The highest BCUT2D eigenvalue weighted by Crippen LogP contribution is 2.50. The molecular formula is C8H8F6O. The number of hydrogen-bond donors (Lipinski definition) is 1. The molecule has 7 heteroatoms. The Morgan fingerprint density at radius 1 is 1.00 bits per heavy atom. The second-order valence-corrected chi connectivity index (χ2v) is 3.37. The molecule has 0 aromatic heterocycles. The zero-order valence-electron chi connectivity index (χ0n) is 7.36. The van der Waals surface area contributed by atoms with Gasteiger partial charge in [0.05, 0.1) is 0 Å². The molecule has 0 bridgehead atoms. The van der Waals surface area contributed by atoms with Crippen LogP contribution in [0.3, 0.4) is 0 Å². The van der Waals surface area contributed by atoms with E-state index in [0.717, 1.165) is 6.08 Å². The molecule has 0 amide bonds. The van der Waals surface area contributed by atoms with Crippen LogP contribution in [-0.2, 0) is 0 Å². The molecule has 0 aromatic carbocycles. The Kier molecular flexibility index (Phi) is 2.80. The van der Waals surface area contributed by atoms with Crippen LogP contribution < -0.4 is 0 Å².